The third kappa shape index (κ3) is 4.29. The maximum Gasteiger partial charge on any atom is 0.256 e. The first-order valence-electron chi connectivity index (χ1n) is 13.7. The molecule has 1 amide bonds. The quantitative estimate of drug-likeness (QED) is 0.282. The minimum atomic E-state index is -0.595. The van der Waals surface area contributed by atoms with Crippen LogP contribution < -0.4 is 0 Å². The van der Waals surface area contributed by atoms with Crippen LogP contribution in [0.2, 0.25) is 0 Å². The van der Waals surface area contributed by atoms with Crippen LogP contribution in [0.15, 0.2) is 108 Å². The fraction of sp³-hybridized carbons (Fsp3) is 0.182. The molecule has 0 atom stereocenters. The van der Waals surface area contributed by atoms with Crippen LogP contribution >= 0.6 is 0 Å². The fourth-order valence-electron chi connectivity index (χ4n) is 5.93. The molecule has 196 valence electrons. The van der Waals surface area contributed by atoms with Gasteiger partial charge in [0.1, 0.15) is 11.4 Å². The lowest BCUT2D eigenvalue weighted by molar-refractivity contribution is -0.131. The summed E-state index contributed by atoms with van der Waals surface area (Å²) >= 11 is 0. The Hall–Kier alpha value is -4.91. The van der Waals surface area contributed by atoms with Crippen LogP contribution in [0.4, 0.5) is 0 Å². The number of H-pyrrole nitrogens is 1. The normalized spacial score (nSPS) is 16.1. The average molecular weight is 525 g/mol. The van der Waals surface area contributed by atoms with Gasteiger partial charge in [-0.1, -0.05) is 104 Å². The Balaban J connectivity index is 1.22. The van der Waals surface area contributed by atoms with E-state index in [1.807, 2.05) is 59.5 Å². The maximum absolute atomic E-state index is 13.7. The molecule has 7 heteroatoms. The highest BCUT2D eigenvalue weighted by molar-refractivity contribution is 6.15. The van der Waals surface area contributed by atoms with E-state index in [2.05, 4.69) is 69.2 Å². The first-order chi connectivity index (χ1) is 19.7. The number of amides is 1. The smallest absolute Gasteiger partial charge is 0.256 e. The predicted octanol–water partition coefficient (Wildman–Crippen LogP) is 6.30. The van der Waals surface area contributed by atoms with Crippen molar-refractivity contribution >= 4 is 11.7 Å². The number of aromatic amines is 1. The lowest BCUT2D eigenvalue weighted by Crippen LogP contribution is -2.40. The number of tetrazole rings is 1. The fourth-order valence-corrected chi connectivity index (χ4v) is 5.93. The zero-order valence-electron chi connectivity index (χ0n) is 22.0. The molecule has 1 spiro atoms. The van der Waals surface area contributed by atoms with Gasteiger partial charge in [0.05, 0.1) is 6.54 Å². The van der Waals surface area contributed by atoms with Gasteiger partial charge in [0, 0.05) is 11.1 Å². The number of amidine groups is 1. The maximum atomic E-state index is 13.7. The van der Waals surface area contributed by atoms with E-state index in [1.54, 1.807) is 0 Å². The molecule has 7 nitrogen and oxygen atoms in total. The monoisotopic (exact) mass is 524 g/mol. The molecule has 1 aliphatic carbocycles. The van der Waals surface area contributed by atoms with Gasteiger partial charge in [0.25, 0.3) is 5.91 Å². The number of nitrogens with zero attached hydrogens (tertiary/aromatic N) is 5. The Morgan fingerprint density at radius 3 is 2.08 bits per heavy atom. The summed E-state index contributed by atoms with van der Waals surface area (Å²) in [5.41, 5.74) is 6.65. The third-order valence-electron chi connectivity index (χ3n) is 8.00. The van der Waals surface area contributed by atoms with E-state index in [4.69, 9.17) is 4.99 Å². The highest BCUT2D eigenvalue weighted by atomic mass is 16.2. The number of aliphatic imine (C=N–C) groups is 1. The average Bonchev–Trinajstić information content (AvgIpc) is 3.78. The van der Waals surface area contributed by atoms with Crippen molar-refractivity contribution in [3.63, 3.8) is 0 Å². The standard InChI is InChI=1S/C33H28N6O/c40-32-33(19-7-8-20-33)34-31(26-11-5-2-6-12-26)39(32)22-23-13-15-25(16-14-23)29-21-27(24-9-3-1-4-10-24)17-18-28(29)30-35-37-38-36-30/h1-6,9-18,21H,7-8,19-20,22H2,(H,35,36,37,38). The molecule has 4 aromatic carbocycles. The molecule has 2 heterocycles. The molecule has 1 N–H and O–H groups in total. The number of nitrogens with one attached hydrogen (secondary N) is 1. The summed E-state index contributed by atoms with van der Waals surface area (Å²) < 4.78 is 0. The molecule has 0 radical (unpaired) electrons. The Morgan fingerprint density at radius 2 is 1.40 bits per heavy atom. The Bertz CT molecular complexity index is 1670. The number of rotatable bonds is 6. The lowest BCUT2D eigenvalue weighted by atomic mass is 9.93. The predicted molar refractivity (Wildman–Crippen MR) is 155 cm³/mol. The van der Waals surface area contributed by atoms with Gasteiger partial charge in [-0.25, -0.2) is 0 Å². The highest BCUT2D eigenvalue weighted by Crippen LogP contribution is 2.41. The van der Waals surface area contributed by atoms with Gasteiger partial charge < -0.3 is 0 Å². The zero-order valence-corrected chi connectivity index (χ0v) is 22.0. The van der Waals surface area contributed by atoms with Gasteiger partial charge in [0.15, 0.2) is 0 Å². The van der Waals surface area contributed by atoms with E-state index in [1.165, 1.54) is 0 Å². The van der Waals surface area contributed by atoms with Crippen molar-refractivity contribution in [1.82, 2.24) is 25.5 Å². The summed E-state index contributed by atoms with van der Waals surface area (Å²) in [6.45, 7) is 0.482. The molecule has 1 fully saturated rings. The second-order valence-corrected chi connectivity index (χ2v) is 10.5. The number of aromatic nitrogens is 4. The number of hydrogen-bond donors (Lipinski definition) is 1. The first-order valence-corrected chi connectivity index (χ1v) is 13.7. The number of benzene rings is 4. The molecule has 1 aromatic heterocycles. The Kier molecular flexibility index (Phi) is 6.04. The molecule has 40 heavy (non-hydrogen) atoms. The Morgan fingerprint density at radius 1 is 0.725 bits per heavy atom. The number of carbonyl (C=O) groups is 1. The van der Waals surface area contributed by atoms with Crippen LogP contribution in [0, 0.1) is 0 Å². The van der Waals surface area contributed by atoms with E-state index in [9.17, 15) is 4.79 Å². The van der Waals surface area contributed by atoms with Gasteiger partial charge in [-0.05, 0) is 58.0 Å². The van der Waals surface area contributed by atoms with Gasteiger partial charge in [-0.2, -0.15) is 5.21 Å². The number of hydrogen-bond acceptors (Lipinski definition) is 5. The summed E-state index contributed by atoms with van der Waals surface area (Å²) in [5.74, 6) is 1.46. The van der Waals surface area contributed by atoms with Gasteiger partial charge in [0.2, 0.25) is 5.82 Å². The van der Waals surface area contributed by atoms with E-state index >= 15 is 0 Å². The second kappa shape index (κ2) is 10.0. The molecule has 2 aliphatic rings. The van der Waals surface area contributed by atoms with Gasteiger partial charge >= 0.3 is 0 Å². The topological polar surface area (TPSA) is 87.1 Å². The van der Waals surface area contributed by atoms with Crippen molar-refractivity contribution in [3.8, 4) is 33.6 Å². The molecule has 0 unspecified atom stereocenters. The first kappa shape index (κ1) is 24.2. The lowest BCUT2D eigenvalue weighted by Gasteiger charge is -2.23. The van der Waals surface area contributed by atoms with Crippen molar-refractivity contribution in [1.29, 1.82) is 0 Å². The molecule has 0 bridgehead atoms. The van der Waals surface area contributed by atoms with Crippen LogP contribution in [0.25, 0.3) is 33.6 Å². The van der Waals surface area contributed by atoms with Crippen LogP contribution in [0.3, 0.4) is 0 Å². The van der Waals surface area contributed by atoms with E-state index in [0.29, 0.717) is 12.4 Å². The zero-order chi connectivity index (χ0) is 26.9. The molecule has 1 aliphatic heterocycles. The van der Waals surface area contributed by atoms with Crippen LogP contribution in [0.1, 0.15) is 36.8 Å². The van der Waals surface area contributed by atoms with E-state index < -0.39 is 5.54 Å². The van der Waals surface area contributed by atoms with Crippen LogP contribution in [-0.4, -0.2) is 42.8 Å². The minimum Gasteiger partial charge on any atom is -0.290 e. The number of carbonyl (C=O) groups excluding carboxylic acids is 1. The molecular weight excluding hydrogens is 496 g/mol. The summed E-state index contributed by atoms with van der Waals surface area (Å²) in [4.78, 5) is 20.7. The van der Waals surface area contributed by atoms with Crippen molar-refractivity contribution in [3.05, 3.63) is 114 Å². The molecule has 5 aromatic rings. The van der Waals surface area contributed by atoms with Crippen molar-refractivity contribution in [2.24, 2.45) is 4.99 Å². The third-order valence-corrected chi connectivity index (χ3v) is 8.00. The largest absolute Gasteiger partial charge is 0.290 e. The molecule has 0 saturated heterocycles. The molecular formula is C33H28N6O. The summed E-state index contributed by atoms with van der Waals surface area (Å²) in [7, 11) is 0. The second-order valence-electron chi connectivity index (χ2n) is 10.5. The Labute approximate surface area is 232 Å². The summed E-state index contributed by atoms with van der Waals surface area (Å²) in [6, 6.07) is 35.1. The van der Waals surface area contributed by atoms with Crippen LogP contribution in [-0.2, 0) is 11.3 Å². The molecule has 1 saturated carbocycles. The van der Waals surface area contributed by atoms with Crippen LogP contribution in [0.5, 0.6) is 0 Å². The van der Waals surface area contributed by atoms with Gasteiger partial charge in [-0.15, -0.1) is 10.2 Å². The van der Waals surface area contributed by atoms with Crippen molar-refractivity contribution < 1.29 is 4.79 Å². The van der Waals surface area contributed by atoms with Crippen molar-refractivity contribution in [2.45, 2.75) is 37.8 Å². The van der Waals surface area contributed by atoms with E-state index in [0.717, 1.165) is 70.5 Å². The summed E-state index contributed by atoms with van der Waals surface area (Å²) in [6.07, 6.45) is 3.75. The summed E-state index contributed by atoms with van der Waals surface area (Å²) in [5, 5.41) is 14.8. The SMILES string of the molecule is O=C1N(Cc2ccc(-c3cc(-c4ccccc4)ccc3-c3nn[nH]n3)cc2)C(c2ccccc2)=NC12CCCC2. The molecule has 7 rings (SSSR count). The van der Waals surface area contributed by atoms with E-state index in [-0.39, 0.29) is 5.91 Å². The highest BCUT2D eigenvalue weighted by Gasteiger charge is 2.49. The van der Waals surface area contributed by atoms with Crippen molar-refractivity contribution in [2.75, 3.05) is 0 Å². The minimum absolute atomic E-state index is 0.128. The van der Waals surface area contributed by atoms with Gasteiger partial charge in [-0.3, -0.25) is 14.7 Å².